The van der Waals surface area contributed by atoms with Gasteiger partial charge in [0.15, 0.2) is 5.84 Å². The topological polar surface area (TPSA) is 55.0 Å². The molecule has 2 aliphatic heterocycles. The van der Waals surface area contributed by atoms with E-state index < -0.39 is 5.82 Å². The van der Waals surface area contributed by atoms with Gasteiger partial charge in [0.05, 0.1) is 17.5 Å². The van der Waals surface area contributed by atoms with Gasteiger partial charge in [0.1, 0.15) is 17.7 Å². The van der Waals surface area contributed by atoms with Gasteiger partial charge in [0.2, 0.25) is 0 Å². The van der Waals surface area contributed by atoms with Crippen LogP contribution >= 0.6 is 0 Å². The zero-order valence-corrected chi connectivity index (χ0v) is 20.5. The standard InChI is InChI=1S/C29H32FN5/c1-3-29(4-2)14-17-34(18-15-29)27-13-16-32-35(25-11-9-22(10-12-25)21-5-6-21)28(33-27)23-7-8-24(20-31)26(30)19-23/h7-13,16,19,21H,3-6,14-15,17-18H2,1-2H3. The SMILES string of the molecule is CCC1(CC)CCN(C2=CC=NN(c3ccc(C4CC4)cc3)C(c3ccc(C#N)c(F)c3)=N2)CC1. The van der Waals surface area contributed by atoms with Crippen LogP contribution < -0.4 is 5.01 Å². The molecule has 1 saturated heterocycles. The first kappa shape index (κ1) is 23.3. The highest BCUT2D eigenvalue weighted by atomic mass is 19.1. The number of amidine groups is 1. The van der Waals surface area contributed by atoms with Gasteiger partial charge in [-0.15, -0.1) is 0 Å². The Labute approximate surface area is 207 Å². The second kappa shape index (κ2) is 9.65. The lowest BCUT2D eigenvalue weighted by Crippen LogP contribution is -2.39. The van der Waals surface area contributed by atoms with Crippen molar-refractivity contribution in [3.8, 4) is 6.07 Å². The zero-order chi connectivity index (χ0) is 24.4. The van der Waals surface area contributed by atoms with Crippen molar-refractivity contribution in [1.82, 2.24) is 4.90 Å². The molecule has 5 nitrogen and oxygen atoms in total. The van der Waals surface area contributed by atoms with Crippen molar-refractivity contribution in [3.63, 3.8) is 0 Å². The van der Waals surface area contributed by atoms with E-state index >= 15 is 0 Å². The summed E-state index contributed by atoms with van der Waals surface area (Å²) in [5, 5.41) is 15.7. The average Bonchev–Trinajstić information content (AvgIpc) is 3.76. The number of allylic oxidation sites excluding steroid dienone is 1. The van der Waals surface area contributed by atoms with Crippen molar-refractivity contribution in [2.75, 3.05) is 18.1 Å². The third kappa shape index (κ3) is 4.73. The number of benzene rings is 2. The number of rotatable bonds is 6. The molecular weight excluding hydrogens is 437 g/mol. The summed E-state index contributed by atoms with van der Waals surface area (Å²) < 4.78 is 14.6. The van der Waals surface area contributed by atoms with Crippen molar-refractivity contribution >= 4 is 17.7 Å². The number of piperidine rings is 1. The van der Waals surface area contributed by atoms with Gasteiger partial charge in [-0.3, -0.25) is 0 Å². The van der Waals surface area contributed by atoms with Gasteiger partial charge >= 0.3 is 0 Å². The Morgan fingerprint density at radius 1 is 1.06 bits per heavy atom. The van der Waals surface area contributed by atoms with Gasteiger partial charge in [-0.2, -0.15) is 10.4 Å². The summed E-state index contributed by atoms with van der Waals surface area (Å²) >= 11 is 0. The van der Waals surface area contributed by atoms with Crippen molar-refractivity contribution in [3.05, 3.63) is 76.9 Å². The summed E-state index contributed by atoms with van der Waals surface area (Å²) in [5.41, 5.74) is 3.24. The molecule has 180 valence electrons. The number of nitrogens with zero attached hydrogens (tertiary/aromatic N) is 5. The molecule has 0 radical (unpaired) electrons. The van der Waals surface area contributed by atoms with Gasteiger partial charge in [-0.05, 0) is 72.9 Å². The van der Waals surface area contributed by atoms with Gasteiger partial charge < -0.3 is 4.90 Å². The molecule has 35 heavy (non-hydrogen) atoms. The Kier molecular flexibility index (Phi) is 6.42. The molecule has 0 aromatic heterocycles. The minimum Gasteiger partial charge on any atom is -0.356 e. The first-order chi connectivity index (χ1) is 17.1. The van der Waals surface area contributed by atoms with Crippen molar-refractivity contribution in [1.29, 1.82) is 5.26 Å². The van der Waals surface area contributed by atoms with Crippen LogP contribution in [0.1, 0.15) is 75.0 Å². The van der Waals surface area contributed by atoms with E-state index in [1.165, 1.54) is 43.4 Å². The number of anilines is 1. The molecule has 2 aromatic rings. The summed E-state index contributed by atoms with van der Waals surface area (Å²) in [6.45, 7) is 6.46. The van der Waals surface area contributed by atoms with E-state index in [9.17, 15) is 9.65 Å². The van der Waals surface area contributed by atoms with Crippen LogP contribution in [0.4, 0.5) is 10.1 Å². The molecule has 1 saturated carbocycles. The first-order valence-corrected chi connectivity index (χ1v) is 12.7. The molecule has 5 rings (SSSR count). The van der Waals surface area contributed by atoms with Crippen LogP contribution in [-0.2, 0) is 0 Å². The zero-order valence-electron chi connectivity index (χ0n) is 20.5. The average molecular weight is 470 g/mol. The Balaban J connectivity index is 1.50. The highest BCUT2D eigenvalue weighted by molar-refractivity contribution is 6.11. The monoisotopic (exact) mass is 469 g/mol. The number of hydrazone groups is 1. The minimum atomic E-state index is -0.552. The number of halogens is 1. The molecule has 6 heteroatoms. The molecule has 0 unspecified atom stereocenters. The van der Waals surface area contributed by atoms with Crippen LogP contribution in [0.5, 0.6) is 0 Å². The Morgan fingerprint density at radius 2 is 1.77 bits per heavy atom. The summed E-state index contributed by atoms with van der Waals surface area (Å²) in [6, 6.07) is 15.0. The lowest BCUT2D eigenvalue weighted by atomic mass is 9.74. The third-order valence-electron chi connectivity index (χ3n) is 8.01. The fourth-order valence-electron chi connectivity index (χ4n) is 5.18. The number of likely N-dealkylation sites (tertiary alicyclic amines) is 1. The highest BCUT2D eigenvalue weighted by Crippen LogP contribution is 2.41. The van der Waals surface area contributed by atoms with E-state index in [0.29, 0.717) is 22.7 Å². The fraction of sp³-hybridized carbons (Fsp3) is 0.414. The largest absolute Gasteiger partial charge is 0.356 e. The van der Waals surface area contributed by atoms with E-state index in [-0.39, 0.29) is 5.56 Å². The van der Waals surface area contributed by atoms with Gasteiger partial charge in [0.25, 0.3) is 0 Å². The molecule has 0 atom stereocenters. The second-order valence-electron chi connectivity index (χ2n) is 9.90. The summed E-state index contributed by atoms with van der Waals surface area (Å²) in [4.78, 5) is 7.36. The van der Waals surface area contributed by atoms with Gasteiger partial charge in [-0.1, -0.05) is 38.8 Å². The second-order valence-corrected chi connectivity index (χ2v) is 9.90. The Morgan fingerprint density at radius 3 is 2.37 bits per heavy atom. The number of hydrogen-bond donors (Lipinski definition) is 0. The Hall–Kier alpha value is -3.46. The molecule has 2 fully saturated rings. The van der Waals surface area contributed by atoms with Crippen LogP contribution in [0.15, 0.2) is 64.5 Å². The molecule has 0 spiro atoms. The number of nitriles is 1. The van der Waals surface area contributed by atoms with E-state index in [1.807, 2.05) is 12.1 Å². The van der Waals surface area contributed by atoms with Crippen LogP contribution in [-0.4, -0.2) is 30.0 Å². The van der Waals surface area contributed by atoms with Crippen LogP contribution in [0.2, 0.25) is 0 Å². The smallest absolute Gasteiger partial charge is 0.163 e. The van der Waals surface area contributed by atoms with Crippen molar-refractivity contribution in [2.45, 2.75) is 58.3 Å². The quantitative estimate of drug-likeness (QED) is 0.481. The van der Waals surface area contributed by atoms with Crippen LogP contribution in [0.3, 0.4) is 0 Å². The molecular formula is C29H32FN5. The minimum absolute atomic E-state index is 0.0223. The van der Waals surface area contributed by atoms with E-state index in [2.05, 4.69) is 43.0 Å². The lowest BCUT2D eigenvalue weighted by molar-refractivity contribution is 0.116. The third-order valence-corrected chi connectivity index (χ3v) is 8.01. The van der Waals surface area contributed by atoms with E-state index in [0.717, 1.165) is 37.4 Å². The Bertz CT molecular complexity index is 1200. The maximum absolute atomic E-state index is 14.6. The maximum Gasteiger partial charge on any atom is 0.163 e. The molecule has 1 aliphatic carbocycles. The molecule has 0 N–H and O–H groups in total. The molecule has 3 aliphatic rings. The maximum atomic E-state index is 14.6. The number of aliphatic imine (C=N–C) groups is 1. The van der Waals surface area contributed by atoms with E-state index in [1.54, 1.807) is 17.3 Å². The predicted molar refractivity (Wildman–Crippen MR) is 139 cm³/mol. The number of hydrogen-bond acceptors (Lipinski definition) is 5. The summed E-state index contributed by atoms with van der Waals surface area (Å²) in [6.07, 6.45) is 10.9. The molecule has 0 amide bonds. The van der Waals surface area contributed by atoms with E-state index in [4.69, 9.17) is 10.1 Å². The fourth-order valence-corrected chi connectivity index (χ4v) is 5.18. The van der Waals surface area contributed by atoms with Crippen molar-refractivity contribution in [2.24, 2.45) is 15.5 Å². The first-order valence-electron chi connectivity index (χ1n) is 12.7. The summed E-state index contributed by atoms with van der Waals surface area (Å²) in [7, 11) is 0. The predicted octanol–water partition coefficient (Wildman–Crippen LogP) is 6.57. The molecule has 0 bridgehead atoms. The lowest BCUT2D eigenvalue weighted by Gasteiger charge is -2.41. The summed E-state index contributed by atoms with van der Waals surface area (Å²) in [5.74, 6) is 1.51. The molecule has 2 aromatic carbocycles. The van der Waals surface area contributed by atoms with Gasteiger partial charge in [-0.25, -0.2) is 14.4 Å². The van der Waals surface area contributed by atoms with Crippen molar-refractivity contribution < 1.29 is 4.39 Å². The highest BCUT2D eigenvalue weighted by Gasteiger charge is 2.32. The van der Waals surface area contributed by atoms with Crippen LogP contribution in [0.25, 0.3) is 0 Å². The van der Waals surface area contributed by atoms with Crippen LogP contribution in [0, 0.1) is 22.6 Å². The normalized spacial score (nSPS) is 19.6. The van der Waals surface area contributed by atoms with Gasteiger partial charge in [0, 0.05) is 24.7 Å². The molecule has 2 heterocycles.